The number of likely N-dealkylation sites (N-methyl/N-ethyl adjacent to an activating group) is 1. The maximum Gasteiger partial charge on any atom is 0.282 e. The average Bonchev–Trinajstić information content (AvgIpc) is 3.77. The number of carbonyl (C=O) groups is 1. The first kappa shape index (κ1) is 39.5. The summed E-state index contributed by atoms with van der Waals surface area (Å²) in [5.41, 5.74) is 6.99. The summed E-state index contributed by atoms with van der Waals surface area (Å²) in [6.45, 7) is 7.71. The largest absolute Gasteiger partial charge is 0.493 e. The number of nitrogens with zero attached hydrogens (tertiary/aromatic N) is 2. The number of carbonyl (C=O) groups excluding carboxylic acids is 1. The molecular formula is C44H51N3O7S. The first-order valence-corrected chi connectivity index (χ1v) is 19.6. The van der Waals surface area contributed by atoms with Crippen molar-refractivity contribution in [2.45, 2.75) is 53.0 Å². The second kappa shape index (κ2) is 17.9. The molecule has 0 fully saturated rings. The highest BCUT2D eigenvalue weighted by Crippen LogP contribution is 2.49. The van der Waals surface area contributed by atoms with Gasteiger partial charge in [0, 0.05) is 24.7 Å². The molecule has 1 amide bonds. The molecule has 0 spiro atoms. The van der Waals surface area contributed by atoms with Crippen LogP contribution in [0.5, 0.6) is 46.0 Å². The molecule has 8 bridgehead atoms. The van der Waals surface area contributed by atoms with Gasteiger partial charge in [-0.05, 0) is 122 Å². The predicted molar refractivity (Wildman–Crippen MR) is 218 cm³/mol. The summed E-state index contributed by atoms with van der Waals surface area (Å²) in [7, 11) is 8.47. The van der Waals surface area contributed by atoms with Crippen LogP contribution in [0.1, 0.15) is 56.9 Å². The number of hydrogen-bond acceptors (Lipinski definition) is 10. The molecule has 4 aliphatic rings. The number of benzene rings is 4. The molecule has 1 unspecified atom stereocenters. The van der Waals surface area contributed by atoms with Crippen LogP contribution >= 0.6 is 11.3 Å². The van der Waals surface area contributed by atoms with E-state index in [0.717, 1.165) is 48.1 Å². The van der Waals surface area contributed by atoms with Crippen LogP contribution in [-0.2, 0) is 32.2 Å². The van der Waals surface area contributed by atoms with Crippen LogP contribution in [0.3, 0.4) is 0 Å². The van der Waals surface area contributed by atoms with Crippen LogP contribution in [0.15, 0.2) is 72.1 Å². The van der Waals surface area contributed by atoms with E-state index in [4.69, 9.17) is 28.4 Å². The number of nitrogens with one attached hydrogen (secondary N) is 1. The van der Waals surface area contributed by atoms with Gasteiger partial charge in [-0.2, -0.15) is 0 Å². The van der Waals surface area contributed by atoms with E-state index >= 15 is 0 Å². The molecular weight excluding hydrogens is 715 g/mol. The Hall–Kier alpha value is -5.23. The highest BCUT2D eigenvalue weighted by atomic mass is 32.1. The molecule has 55 heavy (non-hydrogen) atoms. The minimum atomic E-state index is -0.147. The van der Waals surface area contributed by atoms with E-state index in [2.05, 4.69) is 34.6 Å². The minimum absolute atomic E-state index is 0.147. The maximum atomic E-state index is 14.5. The van der Waals surface area contributed by atoms with E-state index in [-0.39, 0.29) is 5.91 Å². The molecule has 4 aliphatic heterocycles. The van der Waals surface area contributed by atoms with Crippen molar-refractivity contribution < 1.29 is 33.2 Å². The minimum Gasteiger partial charge on any atom is -0.493 e. The first-order valence-electron chi connectivity index (χ1n) is 18.7. The van der Waals surface area contributed by atoms with Crippen LogP contribution in [0, 0.1) is 6.92 Å². The molecule has 4 aromatic carbocycles. The monoisotopic (exact) mass is 765 g/mol. The summed E-state index contributed by atoms with van der Waals surface area (Å²) >= 11 is 1.41. The summed E-state index contributed by atoms with van der Waals surface area (Å²) in [6, 6.07) is 21.9. The molecule has 0 saturated heterocycles. The summed E-state index contributed by atoms with van der Waals surface area (Å²) in [5, 5.41) is 9.02. The molecule has 0 radical (unpaired) electrons. The highest BCUT2D eigenvalue weighted by Gasteiger charge is 2.34. The second-order valence-corrected chi connectivity index (χ2v) is 14.0. The molecule has 5 heterocycles. The Balaban J connectivity index is 0.00000253. The Labute approximate surface area is 328 Å². The van der Waals surface area contributed by atoms with Gasteiger partial charge in [-0.15, -0.1) is 11.3 Å². The van der Waals surface area contributed by atoms with Crippen LogP contribution in [0.2, 0.25) is 0 Å². The number of fused-ring (bicyclic) bond motifs is 2. The van der Waals surface area contributed by atoms with E-state index in [0.29, 0.717) is 76.1 Å². The molecule has 0 aliphatic carbocycles. The van der Waals surface area contributed by atoms with Gasteiger partial charge in [0.05, 0.1) is 39.0 Å². The zero-order valence-corrected chi connectivity index (χ0v) is 33.9. The Kier molecular flexibility index (Phi) is 12.9. The van der Waals surface area contributed by atoms with Gasteiger partial charge in [0.25, 0.3) is 5.91 Å². The highest BCUT2D eigenvalue weighted by molar-refractivity contribution is 7.12. The molecule has 5 aromatic rings. The van der Waals surface area contributed by atoms with E-state index in [1.165, 1.54) is 22.5 Å². The summed E-state index contributed by atoms with van der Waals surface area (Å²) < 4.78 is 37.1. The molecule has 290 valence electrons. The molecule has 1 N–H and O–H groups in total. The number of hydrazine groups is 1. The summed E-state index contributed by atoms with van der Waals surface area (Å²) in [6.07, 6.45) is 3.06. The smallest absolute Gasteiger partial charge is 0.282 e. The van der Waals surface area contributed by atoms with Gasteiger partial charge in [-0.3, -0.25) is 4.79 Å². The Morgan fingerprint density at radius 3 is 2.22 bits per heavy atom. The number of ether oxygens (including phenoxy) is 6. The molecule has 1 atom stereocenters. The van der Waals surface area contributed by atoms with Gasteiger partial charge < -0.3 is 33.7 Å². The predicted octanol–water partition coefficient (Wildman–Crippen LogP) is 9.18. The van der Waals surface area contributed by atoms with Crippen molar-refractivity contribution in [1.82, 2.24) is 10.3 Å². The summed E-state index contributed by atoms with van der Waals surface area (Å²) in [5.74, 6) is 4.37. The SMILES string of the molecule is CC.CNCCc1cc(OC)c2cc1CCc1ccc(cc1)Oc1cc(C)c(cc1OC)N(C(=O)c1cccs1)N1CCc3cc(OC)c(OC)c(c3C1)O2. The number of amides is 1. The fourth-order valence-corrected chi connectivity index (χ4v) is 7.75. The van der Waals surface area contributed by atoms with Gasteiger partial charge in [0.15, 0.2) is 34.5 Å². The van der Waals surface area contributed by atoms with Crippen molar-refractivity contribution in [1.29, 1.82) is 0 Å². The third-order valence-corrected chi connectivity index (χ3v) is 10.8. The molecule has 0 saturated carbocycles. The van der Waals surface area contributed by atoms with Gasteiger partial charge in [-0.25, -0.2) is 10.0 Å². The Morgan fingerprint density at radius 2 is 1.55 bits per heavy atom. The van der Waals surface area contributed by atoms with Crippen molar-refractivity contribution in [2.75, 3.05) is 53.6 Å². The number of aryl methyl sites for hydroxylation is 3. The Morgan fingerprint density at radius 1 is 0.818 bits per heavy atom. The van der Waals surface area contributed by atoms with Crippen LogP contribution in [0.4, 0.5) is 5.69 Å². The lowest BCUT2D eigenvalue weighted by molar-refractivity contribution is 0.0882. The normalized spacial score (nSPS) is 14.5. The van der Waals surface area contributed by atoms with Gasteiger partial charge >= 0.3 is 0 Å². The van der Waals surface area contributed by atoms with Crippen molar-refractivity contribution in [3.8, 4) is 46.0 Å². The van der Waals surface area contributed by atoms with Gasteiger partial charge in [0.2, 0.25) is 5.75 Å². The fraction of sp³-hybridized carbons (Fsp3) is 0.341. The van der Waals surface area contributed by atoms with Crippen LogP contribution < -0.4 is 38.7 Å². The van der Waals surface area contributed by atoms with Gasteiger partial charge in [-0.1, -0.05) is 32.0 Å². The lowest BCUT2D eigenvalue weighted by Gasteiger charge is -2.39. The van der Waals surface area contributed by atoms with Crippen LogP contribution in [0.25, 0.3) is 0 Å². The zero-order valence-electron chi connectivity index (χ0n) is 33.0. The van der Waals surface area contributed by atoms with E-state index < -0.39 is 0 Å². The Bertz CT molecular complexity index is 2100. The quantitative estimate of drug-likeness (QED) is 0.166. The summed E-state index contributed by atoms with van der Waals surface area (Å²) in [4.78, 5) is 15.2. The van der Waals surface area contributed by atoms with Crippen molar-refractivity contribution in [2.24, 2.45) is 0 Å². The van der Waals surface area contributed by atoms with Gasteiger partial charge in [0.1, 0.15) is 5.75 Å². The first-order chi connectivity index (χ1) is 26.8. The van der Waals surface area contributed by atoms with Crippen molar-refractivity contribution in [3.63, 3.8) is 0 Å². The third-order valence-electron chi connectivity index (χ3n) is 9.89. The number of anilines is 1. The number of rotatable bonds is 8. The third kappa shape index (κ3) is 8.24. The lowest BCUT2D eigenvalue weighted by Crippen LogP contribution is -2.49. The lowest BCUT2D eigenvalue weighted by atomic mass is 9.96. The number of methoxy groups -OCH3 is 4. The van der Waals surface area contributed by atoms with E-state index in [1.54, 1.807) is 33.4 Å². The zero-order chi connectivity index (χ0) is 39.1. The van der Waals surface area contributed by atoms with E-state index in [1.807, 2.05) is 75.7 Å². The molecule has 11 heteroatoms. The molecule has 10 nitrogen and oxygen atoms in total. The van der Waals surface area contributed by atoms with E-state index in [9.17, 15) is 4.79 Å². The number of hydrogen-bond donors (Lipinski definition) is 1. The number of thiophene rings is 1. The molecule has 9 rings (SSSR count). The topological polar surface area (TPSA) is 91.0 Å². The van der Waals surface area contributed by atoms with Crippen molar-refractivity contribution >= 4 is 22.9 Å². The fourth-order valence-electron chi connectivity index (χ4n) is 7.10. The van der Waals surface area contributed by atoms with Crippen LogP contribution in [-0.4, -0.2) is 59.5 Å². The average molecular weight is 766 g/mol. The van der Waals surface area contributed by atoms with Crippen molar-refractivity contribution in [3.05, 3.63) is 110 Å². The second-order valence-electron chi connectivity index (χ2n) is 13.1. The standard InChI is InChI=1S/C42H45N3O7S.C2H6/c1-26-20-36-35(48-4)24-33(26)45(42(46)39-8-7-19-53-39)44-18-16-30-23-38(49-5)41(50-6)40(32(30)25-44)52-37-22-28(29(15-17-43-2)21-34(37)47-3)12-9-27-10-13-31(51-36)14-11-27;1-2/h7-8,10-11,13-14,19-24,43H,9,12,15-18,25H2,1-6H3;1-2H3. The molecule has 1 aromatic heterocycles. The maximum absolute atomic E-state index is 14.5.